The molecule has 3 nitrogen and oxygen atoms in total. The van der Waals surface area contributed by atoms with Gasteiger partial charge in [0.2, 0.25) is 6.71 Å². The molecule has 3 heterocycles. The summed E-state index contributed by atoms with van der Waals surface area (Å²) in [4.78, 5) is 13.5. The number of para-hydroxylation sites is 2. The Balaban J connectivity index is 1.07. The minimum absolute atomic E-state index is 0.142. The lowest BCUT2D eigenvalue weighted by molar-refractivity contribution is 0.0472. The summed E-state index contributed by atoms with van der Waals surface area (Å²) in [5, 5.41) is 2.49. The molecule has 7 aromatic carbocycles. The molecular weight excluding hydrogens is 609 g/mol. The van der Waals surface area contributed by atoms with Gasteiger partial charge in [-0.2, -0.15) is 0 Å². The van der Waals surface area contributed by atoms with Crippen LogP contribution in [0.1, 0.15) is 38.2 Å². The quantitative estimate of drug-likeness (QED) is 0.140. The van der Waals surface area contributed by atoms with E-state index in [-0.39, 0.29) is 19.3 Å². The number of ether oxygens (including phenoxy) is 1. The Labute approximate surface area is 291 Å². The summed E-state index contributed by atoms with van der Waals surface area (Å²) in [5.74, 6) is -0.272. The van der Waals surface area contributed by atoms with Crippen molar-refractivity contribution in [1.82, 2.24) is 4.57 Å². The van der Waals surface area contributed by atoms with Crippen molar-refractivity contribution in [2.24, 2.45) is 0 Å². The largest absolute Gasteiger partial charge is 0.457 e. The number of esters is 1. The van der Waals surface area contributed by atoms with Crippen LogP contribution in [0.5, 0.6) is 0 Å². The first-order valence-electron chi connectivity index (χ1n) is 17.4. The van der Waals surface area contributed by atoms with Crippen LogP contribution in [0.4, 0.5) is 0 Å². The van der Waals surface area contributed by atoms with Gasteiger partial charge in [-0.05, 0) is 94.3 Å². The van der Waals surface area contributed by atoms with E-state index in [0.717, 1.165) is 24.1 Å². The Hall–Kier alpha value is -6.13. The highest BCUT2D eigenvalue weighted by Gasteiger charge is 2.37. The molecule has 2 aliphatic rings. The second-order valence-corrected chi connectivity index (χ2v) is 13.6. The Morgan fingerprint density at radius 3 is 2.04 bits per heavy atom. The van der Waals surface area contributed by atoms with Gasteiger partial charge in [0.05, 0.1) is 16.6 Å². The van der Waals surface area contributed by atoms with Crippen molar-refractivity contribution < 1.29 is 9.53 Å². The van der Waals surface area contributed by atoms with Gasteiger partial charge < -0.3 is 9.30 Å². The predicted octanol–water partition coefficient (Wildman–Crippen LogP) is 8.13. The summed E-state index contributed by atoms with van der Waals surface area (Å²) >= 11 is 0. The second kappa shape index (κ2) is 11.5. The first-order valence-corrected chi connectivity index (χ1v) is 17.4. The van der Waals surface area contributed by atoms with E-state index in [0.29, 0.717) is 5.56 Å². The summed E-state index contributed by atoms with van der Waals surface area (Å²) in [7, 11) is 0. The van der Waals surface area contributed by atoms with E-state index in [1.807, 2.05) is 30.3 Å². The number of carbonyl (C=O) groups excluding carboxylic acids is 1. The highest BCUT2D eigenvalue weighted by Crippen LogP contribution is 2.35. The SMILES string of the molecule is O=C(OCc1ccccc1)c1cc2c3c(c1)Cc1cc(-c4ccc5c(c4)c4ccccc4n5-c4ccccc4)ccc1B3c1ccccc1C2. The number of hydrogen-bond acceptors (Lipinski definition) is 2. The number of rotatable bonds is 5. The summed E-state index contributed by atoms with van der Waals surface area (Å²) < 4.78 is 8.18. The smallest absolute Gasteiger partial charge is 0.338 e. The fourth-order valence-electron chi connectivity index (χ4n) is 8.46. The lowest BCUT2D eigenvalue weighted by atomic mass is 9.30. The summed E-state index contributed by atoms with van der Waals surface area (Å²) in [6.07, 6.45) is 1.60. The van der Waals surface area contributed by atoms with Crippen LogP contribution < -0.4 is 16.4 Å². The van der Waals surface area contributed by atoms with Crippen LogP contribution in [0.15, 0.2) is 158 Å². The van der Waals surface area contributed by atoms with Gasteiger partial charge in [-0.3, -0.25) is 0 Å². The molecule has 0 amide bonds. The predicted molar refractivity (Wildman–Crippen MR) is 205 cm³/mol. The zero-order chi connectivity index (χ0) is 33.2. The third-order valence-corrected chi connectivity index (χ3v) is 10.7. The minimum Gasteiger partial charge on any atom is -0.457 e. The third kappa shape index (κ3) is 4.63. The van der Waals surface area contributed by atoms with Crippen LogP contribution in [0.3, 0.4) is 0 Å². The van der Waals surface area contributed by atoms with E-state index >= 15 is 0 Å². The molecule has 0 bridgehead atoms. The lowest BCUT2D eigenvalue weighted by Gasteiger charge is -2.34. The average molecular weight is 642 g/mol. The van der Waals surface area contributed by atoms with Gasteiger partial charge >= 0.3 is 5.97 Å². The Kier molecular flexibility index (Phi) is 6.63. The molecule has 0 saturated heterocycles. The number of benzene rings is 7. The van der Waals surface area contributed by atoms with Gasteiger partial charge in [-0.1, -0.05) is 132 Å². The highest BCUT2D eigenvalue weighted by atomic mass is 16.5. The standard InChI is InChI=1S/C46H32BNO2/c49-46(50-29-30-11-3-1-4-12-30)37-26-35-24-33-13-7-9-17-41(33)47-42-21-19-31(23-34(42)25-36(27-37)45(35)47)32-20-22-44-40(28-32)39-16-8-10-18-43(39)48(44)38-14-5-2-6-15-38/h1-23,26-28H,24-25,29H2. The van der Waals surface area contributed by atoms with Crippen molar-refractivity contribution in [3.05, 3.63) is 191 Å². The van der Waals surface area contributed by atoms with Gasteiger partial charge in [0.1, 0.15) is 6.61 Å². The average Bonchev–Trinajstić information content (AvgIpc) is 3.51. The first kappa shape index (κ1) is 28.8. The number of aromatic nitrogens is 1. The monoisotopic (exact) mass is 641 g/mol. The van der Waals surface area contributed by atoms with Gasteiger partial charge in [-0.15, -0.1) is 0 Å². The molecule has 0 fully saturated rings. The van der Waals surface area contributed by atoms with Gasteiger partial charge in [0.15, 0.2) is 0 Å². The number of nitrogens with zero attached hydrogens (tertiary/aromatic N) is 1. The zero-order valence-electron chi connectivity index (χ0n) is 27.5. The maximum Gasteiger partial charge on any atom is 0.338 e. The molecule has 0 radical (unpaired) electrons. The van der Waals surface area contributed by atoms with Crippen LogP contribution in [-0.2, 0) is 24.2 Å². The van der Waals surface area contributed by atoms with Crippen LogP contribution >= 0.6 is 0 Å². The van der Waals surface area contributed by atoms with Gasteiger partial charge in [0.25, 0.3) is 0 Å². The summed E-state index contributed by atoms with van der Waals surface area (Å²) in [6, 6.07) is 56.0. The number of hydrogen-bond donors (Lipinski definition) is 0. The molecular formula is C46H32BNO2. The Morgan fingerprint density at radius 1 is 0.560 bits per heavy atom. The lowest BCUT2D eigenvalue weighted by Crippen LogP contribution is -2.61. The molecule has 0 unspecified atom stereocenters. The molecule has 0 aliphatic carbocycles. The Morgan fingerprint density at radius 2 is 1.20 bits per heavy atom. The van der Waals surface area contributed by atoms with E-state index in [2.05, 4.69) is 132 Å². The highest BCUT2D eigenvalue weighted by molar-refractivity contribution is 6.97. The molecule has 8 aromatic rings. The molecule has 50 heavy (non-hydrogen) atoms. The molecule has 10 rings (SSSR count). The van der Waals surface area contributed by atoms with Crippen molar-refractivity contribution >= 4 is 50.9 Å². The van der Waals surface area contributed by atoms with Crippen LogP contribution in [0.25, 0.3) is 38.6 Å². The van der Waals surface area contributed by atoms with Gasteiger partial charge in [0, 0.05) is 16.5 Å². The molecule has 0 atom stereocenters. The maximum absolute atomic E-state index is 13.5. The van der Waals surface area contributed by atoms with E-state index in [1.165, 1.54) is 71.6 Å². The zero-order valence-corrected chi connectivity index (χ0v) is 27.5. The molecule has 0 saturated carbocycles. The second-order valence-electron chi connectivity index (χ2n) is 13.6. The summed E-state index contributed by atoms with van der Waals surface area (Å²) in [6.45, 7) is 0.404. The van der Waals surface area contributed by atoms with E-state index in [9.17, 15) is 4.79 Å². The molecule has 0 N–H and O–H groups in total. The molecule has 0 spiro atoms. The maximum atomic E-state index is 13.5. The van der Waals surface area contributed by atoms with E-state index < -0.39 is 0 Å². The van der Waals surface area contributed by atoms with Crippen molar-refractivity contribution in [3.63, 3.8) is 0 Å². The van der Waals surface area contributed by atoms with Crippen LogP contribution in [0.2, 0.25) is 0 Å². The molecule has 4 heteroatoms. The van der Waals surface area contributed by atoms with Crippen molar-refractivity contribution in [3.8, 4) is 16.8 Å². The molecule has 2 aliphatic heterocycles. The van der Waals surface area contributed by atoms with Crippen molar-refractivity contribution in [1.29, 1.82) is 0 Å². The first-order chi connectivity index (χ1) is 24.7. The third-order valence-electron chi connectivity index (χ3n) is 10.7. The van der Waals surface area contributed by atoms with Gasteiger partial charge in [-0.25, -0.2) is 4.79 Å². The van der Waals surface area contributed by atoms with Crippen LogP contribution in [-0.4, -0.2) is 17.2 Å². The fourth-order valence-corrected chi connectivity index (χ4v) is 8.46. The molecule has 1 aromatic heterocycles. The topological polar surface area (TPSA) is 31.2 Å². The summed E-state index contributed by atoms with van der Waals surface area (Å²) in [5.41, 5.74) is 16.8. The minimum atomic E-state index is -0.272. The van der Waals surface area contributed by atoms with Crippen LogP contribution in [0, 0.1) is 0 Å². The fraction of sp³-hybridized carbons (Fsp3) is 0.0652. The number of fused-ring (bicyclic) bond motifs is 7. The van der Waals surface area contributed by atoms with Crippen molar-refractivity contribution in [2.75, 3.05) is 0 Å². The molecule has 236 valence electrons. The normalized spacial score (nSPS) is 12.8. The van der Waals surface area contributed by atoms with E-state index in [1.54, 1.807) is 0 Å². The number of carbonyl (C=O) groups is 1. The van der Waals surface area contributed by atoms with Crippen molar-refractivity contribution in [2.45, 2.75) is 19.4 Å². The Bertz CT molecular complexity index is 2620. The van der Waals surface area contributed by atoms with E-state index in [4.69, 9.17) is 4.74 Å².